The maximum Gasteiger partial charge on any atom is 0.219 e. The van der Waals surface area contributed by atoms with E-state index in [1.165, 1.54) is 6.92 Å². The molecule has 0 aromatic rings. The third-order valence-electron chi connectivity index (χ3n) is 2.59. The predicted octanol–water partition coefficient (Wildman–Crippen LogP) is 2.24. The molecule has 20 heavy (non-hydrogen) atoms. The van der Waals surface area contributed by atoms with E-state index >= 15 is 0 Å². The Morgan fingerprint density at radius 2 is 1.55 bits per heavy atom. The van der Waals surface area contributed by atoms with E-state index in [1.54, 1.807) is 6.07 Å². The van der Waals surface area contributed by atoms with Gasteiger partial charge in [0.05, 0.1) is 19.3 Å². The van der Waals surface area contributed by atoms with Crippen molar-refractivity contribution in [2.75, 3.05) is 13.2 Å². The number of ketones is 2. The van der Waals surface area contributed by atoms with Crippen LogP contribution < -0.4 is 0 Å². The first-order valence-corrected chi connectivity index (χ1v) is 6.75. The predicted molar refractivity (Wildman–Crippen MR) is 70.3 cm³/mol. The third kappa shape index (κ3) is 8.60. The molecule has 6 heteroatoms. The van der Waals surface area contributed by atoms with Gasteiger partial charge in [0.15, 0.2) is 11.7 Å². The maximum absolute atomic E-state index is 12.0. The van der Waals surface area contributed by atoms with Crippen LogP contribution in [0.15, 0.2) is 0 Å². The Kier molecular flexibility index (Phi) is 14.6. The van der Waals surface area contributed by atoms with Crippen LogP contribution in [-0.2, 0) is 40.8 Å². The molecular weight excluding hydrogens is 294 g/mol. The van der Waals surface area contributed by atoms with Gasteiger partial charge in [-0.2, -0.15) is 5.26 Å². The summed E-state index contributed by atoms with van der Waals surface area (Å²) in [6.45, 7) is 6.00. The topological polar surface area (TPSA) is 76.4 Å². The first kappa shape index (κ1) is 21.8. The molecule has 0 bridgehead atoms. The number of nitrogens with zero attached hydrogens (tertiary/aromatic N) is 1. The normalized spacial score (nSPS) is 11.6. The summed E-state index contributed by atoms with van der Waals surface area (Å²) in [7, 11) is 0. The van der Waals surface area contributed by atoms with Crippen LogP contribution in [0.1, 0.15) is 46.5 Å². The first-order chi connectivity index (χ1) is 9.08. The van der Waals surface area contributed by atoms with Gasteiger partial charge in [0.2, 0.25) is 12.1 Å². The van der Waals surface area contributed by atoms with Crippen LogP contribution in [-0.4, -0.2) is 31.1 Å². The van der Waals surface area contributed by atoms with Crippen molar-refractivity contribution in [2.45, 2.75) is 52.7 Å². The van der Waals surface area contributed by atoms with Gasteiger partial charge in [-0.25, -0.2) is 0 Å². The number of hydrogen-bond acceptors (Lipinski definition) is 5. The van der Waals surface area contributed by atoms with Crippen molar-refractivity contribution >= 4 is 11.6 Å². The summed E-state index contributed by atoms with van der Waals surface area (Å²) in [4.78, 5) is 23.2. The van der Waals surface area contributed by atoms with E-state index in [1.807, 2.05) is 13.8 Å². The van der Waals surface area contributed by atoms with Gasteiger partial charge in [0.25, 0.3) is 0 Å². The van der Waals surface area contributed by atoms with Crippen molar-refractivity contribution < 1.29 is 40.8 Å². The number of unbranched alkanes of at least 4 members (excludes halogenated alkanes) is 2. The SMILES string of the molecule is CCCCOC(OCCCC)C(=O)C(C#N)C(C)=O.[Ti]. The summed E-state index contributed by atoms with van der Waals surface area (Å²) in [5.74, 6) is -2.37. The van der Waals surface area contributed by atoms with E-state index in [2.05, 4.69) is 0 Å². The zero-order chi connectivity index (χ0) is 14.7. The number of hydrogen-bond donors (Lipinski definition) is 0. The van der Waals surface area contributed by atoms with E-state index in [9.17, 15) is 9.59 Å². The fourth-order valence-corrected chi connectivity index (χ4v) is 1.37. The Bertz CT molecular complexity index is 318. The van der Waals surface area contributed by atoms with Crippen LogP contribution in [0.5, 0.6) is 0 Å². The molecule has 0 aliphatic heterocycles. The molecule has 0 saturated carbocycles. The number of Topliss-reactive ketones (excluding diaryl/α,β-unsaturated/α-hetero) is 2. The Morgan fingerprint density at radius 3 is 1.85 bits per heavy atom. The number of carbonyl (C=O) groups is 2. The molecule has 0 saturated heterocycles. The molecule has 0 spiro atoms. The minimum Gasteiger partial charge on any atom is -0.346 e. The van der Waals surface area contributed by atoms with Crippen LogP contribution in [0.2, 0.25) is 0 Å². The number of nitriles is 1. The number of ether oxygens (including phenoxy) is 2. The zero-order valence-corrected chi connectivity index (χ0v) is 14.0. The molecule has 0 rings (SSSR count). The summed E-state index contributed by atoms with van der Waals surface area (Å²) < 4.78 is 10.7. The van der Waals surface area contributed by atoms with Gasteiger partial charge in [0.1, 0.15) is 0 Å². The van der Waals surface area contributed by atoms with E-state index in [4.69, 9.17) is 14.7 Å². The van der Waals surface area contributed by atoms with Crippen LogP contribution in [0.25, 0.3) is 0 Å². The zero-order valence-electron chi connectivity index (χ0n) is 12.5. The average molecular weight is 317 g/mol. The third-order valence-corrected chi connectivity index (χ3v) is 2.59. The largest absolute Gasteiger partial charge is 0.346 e. The Balaban J connectivity index is 0. The summed E-state index contributed by atoms with van der Waals surface area (Å²) in [6, 6.07) is 1.70. The van der Waals surface area contributed by atoms with Gasteiger partial charge < -0.3 is 9.47 Å². The van der Waals surface area contributed by atoms with Crippen molar-refractivity contribution in [3.8, 4) is 6.07 Å². The van der Waals surface area contributed by atoms with Crippen molar-refractivity contribution in [2.24, 2.45) is 5.92 Å². The fourth-order valence-electron chi connectivity index (χ4n) is 1.37. The monoisotopic (exact) mass is 317 g/mol. The molecule has 0 N–H and O–H groups in total. The van der Waals surface area contributed by atoms with Crippen LogP contribution in [0.3, 0.4) is 0 Å². The summed E-state index contributed by atoms with van der Waals surface area (Å²) in [5, 5.41) is 8.86. The maximum atomic E-state index is 12.0. The van der Waals surface area contributed by atoms with E-state index < -0.39 is 23.8 Å². The molecule has 1 unspecified atom stereocenters. The van der Waals surface area contributed by atoms with E-state index in [-0.39, 0.29) is 21.7 Å². The van der Waals surface area contributed by atoms with E-state index in [0.29, 0.717) is 13.2 Å². The second-order valence-corrected chi connectivity index (χ2v) is 4.36. The van der Waals surface area contributed by atoms with Gasteiger partial charge in [0, 0.05) is 21.7 Å². The van der Waals surface area contributed by atoms with Gasteiger partial charge in [-0.3, -0.25) is 9.59 Å². The summed E-state index contributed by atoms with van der Waals surface area (Å²) >= 11 is 0. The van der Waals surface area contributed by atoms with Gasteiger partial charge in [-0.05, 0) is 19.8 Å². The molecule has 5 nitrogen and oxygen atoms in total. The molecule has 0 aromatic carbocycles. The van der Waals surface area contributed by atoms with Crippen molar-refractivity contribution in [3.63, 3.8) is 0 Å². The summed E-state index contributed by atoms with van der Waals surface area (Å²) in [6.07, 6.45) is 2.37. The Morgan fingerprint density at radius 1 is 1.10 bits per heavy atom. The van der Waals surface area contributed by atoms with Gasteiger partial charge in [-0.1, -0.05) is 26.7 Å². The second kappa shape index (κ2) is 13.4. The van der Waals surface area contributed by atoms with E-state index in [0.717, 1.165) is 25.7 Å². The molecule has 0 aromatic heterocycles. The Hall–Kier alpha value is -0.536. The molecule has 0 aliphatic rings. The molecule has 0 heterocycles. The minimum absolute atomic E-state index is 0. The fraction of sp³-hybridized carbons (Fsp3) is 0.786. The molecule has 0 aliphatic carbocycles. The second-order valence-electron chi connectivity index (χ2n) is 4.36. The molecule has 112 valence electrons. The first-order valence-electron chi connectivity index (χ1n) is 6.75. The average Bonchev–Trinajstić information content (AvgIpc) is 2.37. The van der Waals surface area contributed by atoms with Crippen LogP contribution in [0, 0.1) is 17.2 Å². The van der Waals surface area contributed by atoms with Crippen LogP contribution in [0.4, 0.5) is 0 Å². The molecule has 0 radical (unpaired) electrons. The van der Waals surface area contributed by atoms with Gasteiger partial charge >= 0.3 is 0 Å². The van der Waals surface area contributed by atoms with Crippen LogP contribution >= 0.6 is 0 Å². The summed E-state index contributed by atoms with van der Waals surface area (Å²) in [5.41, 5.74) is 0. The minimum atomic E-state index is -1.30. The standard InChI is InChI=1S/C14H23NO4.Ti/c1-4-6-8-18-14(19-9-7-5-2)13(17)12(10-15)11(3)16;/h12,14H,4-9H2,1-3H3;. The molecule has 1 atom stereocenters. The smallest absolute Gasteiger partial charge is 0.219 e. The van der Waals surface area contributed by atoms with Crippen molar-refractivity contribution in [1.82, 2.24) is 0 Å². The molecular formula is C14H23NO4Ti. The van der Waals surface area contributed by atoms with Crippen molar-refractivity contribution in [3.05, 3.63) is 0 Å². The molecule has 0 amide bonds. The van der Waals surface area contributed by atoms with Crippen molar-refractivity contribution in [1.29, 1.82) is 5.26 Å². The Labute approximate surface area is 135 Å². The number of rotatable bonds is 11. The molecule has 0 fully saturated rings. The quantitative estimate of drug-likeness (QED) is 0.253. The van der Waals surface area contributed by atoms with Gasteiger partial charge in [-0.15, -0.1) is 0 Å². The number of carbonyl (C=O) groups excluding carboxylic acids is 2.